The lowest BCUT2D eigenvalue weighted by Crippen LogP contribution is -2.42. The van der Waals surface area contributed by atoms with Gasteiger partial charge in [-0.3, -0.25) is 9.79 Å². The molecule has 0 bridgehead atoms. The van der Waals surface area contributed by atoms with E-state index in [-0.39, 0.29) is 42.6 Å². The van der Waals surface area contributed by atoms with Crippen LogP contribution in [0.15, 0.2) is 53.5 Å². The first-order valence-corrected chi connectivity index (χ1v) is 11.2. The Labute approximate surface area is 213 Å². The minimum absolute atomic E-state index is 0. The molecule has 0 saturated heterocycles. The highest BCUT2D eigenvalue weighted by molar-refractivity contribution is 14.0. The molecule has 1 saturated carbocycles. The average molecular weight is 566 g/mol. The summed E-state index contributed by atoms with van der Waals surface area (Å²) in [5, 5.41) is 9.54. The summed E-state index contributed by atoms with van der Waals surface area (Å²) in [6, 6.07) is 16.2. The third-order valence-corrected chi connectivity index (χ3v) is 5.05. The molecule has 33 heavy (non-hydrogen) atoms. The van der Waals surface area contributed by atoms with Crippen LogP contribution in [0.4, 0.5) is 0 Å². The van der Waals surface area contributed by atoms with Gasteiger partial charge in [-0.2, -0.15) is 0 Å². The Morgan fingerprint density at radius 1 is 1.12 bits per heavy atom. The molecule has 2 aromatic rings. The highest BCUT2D eigenvalue weighted by atomic mass is 127. The topological polar surface area (TPSA) is 84.0 Å². The van der Waals surface area contributed by atoms with Gasteiger partial charge in [-0.25, -0.2) is 0 Å². The largest absolute Gasteiger partial charge is 0.489 e. The summed E-state index contributed by atoms with van der Waals surface area (Å²) in [6.45, 7) is 5.54. The fraction of sp³-hybridized carbons (Fsp3) is 0.440. The van der Waals surface area contributed by atoms with Crippen molar-refractivity contribution in [3.05, 3.63) is 59.7 Å². The van der Waals surface area contributed by atoms with Crippen molar-refractivity contribution < 1.29 is 14.3 Å². The van der Waals surface area contributed by atoms with Crippen molar-refractivity contribution in [3.63, 3.8) is 0 Å². The van der Waals surface area contributed by atoms with E-state index in [0.29, 0.717) is 18.3 Å². The van der Waals surface area contributed by atoms with Crippen molar-refractivity contribution >= 4 is 35.8 Å². The Hall–Kier alpha value is -2.49. The molecular weight excluding hydrogens is 531 g/mol. The molecule has 1 aliphatic carbocycles. The molecule has 1 amide bonds. The monoisotopic (exact) mass is 566 g/mol. The van der Waals surface area contributed by atoms with Crippen molar-refractivity contribution in [2.75, 3.05) is 26.7 Å². The number of hydrogen-bond donors (Lipinski definition) is 3. The van der Waals surface area contributed by atoms with Crippen LogP contribution in [-0.4, -0.2) is 50.8 Å². The SMILES string of the molecule is CN=C(NCCc1ccc(OCC(=O)NC2CC2)cc1)NCC(C)Oc1cccc(C)c1.I. The second-order valence-corrected chi connectivity index (χ2v) is 8.15. The van der Waals surface area contributed by atoms with Crippen LogP contribution in [0.2, 0.25) is 0 Å². The first kappa shape index (κ1) is 26.8. The Morgan fingerprint density at radius 3 is 2.55 bits per heavy atom. The maximum absolute atomic E-state index is 11.7. The van der Waals surface area contributed by atoms with Crippen LogP contribution in [0.5, 0.6) is 11.5 Å². The number of benzene rings is 2. The van der Waals surface area contributed by atoms with E-state index in [0.717, 1.165) is 37.5 Å². The van der Waals surface area contributed by atoms with E-state index in [1.54, 1.807) is 7.05 Å². The van der Waals surface area contributed by atoms with E-state index < -0.39 is 0 Å². The highest BCUT2D eigenvalue weighted by Crippen LogP contribution is 2.18. The van der Waals surface area contributed by atoms with Crippen LogP contribution < -0.4 is 25.4 Å². The third kappa shape index (κ3) is 10.3. The van der Waals surface area contributed by atoms with E-state index in [9.17, 15) is 4.79 Å². The lowest BCUT2D eigenvalue weighted by molar-refractivity contribution is -0.123. The smallest absolute Gasteiger partial charge is 0.258 e. The average Bonchev–Trinajstić information content (AvgIpc) is 3.59. The zero-order chi connectivity index (χ0) is 22.8. The number of amides is 1. The summed E-state index contributed by atoms with van der Waals surface area (Å²) >= 11 is 0. The summed E-state index contributed by atoms with van der Waals surface area (Å²) in [5.41, 5.74) is 2.36. The fourth-order valence-corrected chi connectivity index (χ4v) is 3.15. The number of carbonyl (C=O) groups excluding carboxylic acids is 1. The zero-order valence-corrected chi connectivity index (χ0v) is 21.9. The van der Waals surface area contributed by atoms with Gasteiger partial charge < -0.3 is 25.4 Å². The number of carbonyl (C=O) groups is 1. The van der Waals surface area contributed by atoms with Gasteiger partial charge in [0.2, 0.25) is 0 Å². The number of halogens is 1. The van der Waals surface area contributed by atoms with Gasteiger partial charge in [-0.15, -0.1) is 24.0 Å². The van der Waals surface area contributed by atoms with Crippen LogP contribution >= 0.6 is 24.0 Å². The molecule has 0 aromatic heterocycles. The standard InChI is InChI=1S/C25H34N4O3.HI/c1-18-5-4-6-23(15-18)32-19(2)16-28-25(26-3)27-14-13-20-7-11-22(12-8-20)31-17-24(30)29-21-9-10-21;/h4-8,11-12,15,19,21H,9-10,13-14,16-17H2,1-3H3,(H,29,30)(H2,26,27,28);1H. The van der Waals surface area contributed by atoms with Gasteiger partial charge in [-0.1, -0.05) is 24.3 Å². The second-order valence-electron chi connectivity index (χ2n) is 8.15. The number of rotatable bonds is 11. The number of nitrogens with zero attached hydrogens (tertiary/aromatic N) is 1. The first-order valence-electron chi connectivity index (χ1n) is 11.2. The molecule has 1 unspecified atom stereocenters. The minimum atomic E-state index is -0.0572. The Kier molecular flexibility index (Phi) is 11.3. The summed E-state index contributed by atoms with van der Waals surface area (Å²) in [6.07, 6.45) is 3.01. The predicted octanol–water partition coefficient (Wildman–Crippen LogP) is 3.45. The molecule has 3 rings (SSSR count). The van der Waals surface area contributed by atoms with Crippen molar-refractivity contribution in [1.29, 1.82) is 0 Å². The third-order valence-electron chi connectivity index (χ3n) is 5.05. The van der Waals surface area contributed by atoms with Crippen LogP contribution in [0.3, 0.4) is 0 Å². The lowest BCUT2D eigenvalue weighted by Gasteiger charge is -2.18. The molecule has 1 atom stereocenters. The molecule has 1 fully saturated rings. The van der Waals surface area contributed by atoms with Crippen LogP contribution in [0.1, 0.15) is 30.9 Å². The molecule has 7 nitrogen and oxygen atoms in total. The second kappa shape index (κ2) is 13.9. The molecule has 0 heterocycles. The van der Waals surface area contributed by atoms with Gasteiger partial charge in [0, 0.05) is 19.6 Å². The summed E-state index contributed by atoms with van der Waals surface area (Å²) in [7, 11) is 1.76. The molecule has 0 aliphatic heterocycles. The molecule has 0 spiro atoms. The number of guanidine groups is 1. The van der Waals surface area contributed by atoms with Gasteiger partial charge in [0.05, 0.1) is 6.54 Å². The van der Waals surface area contributed by atoms with Crippen LogP contribution in [-0.2, 0) is 11.2 Å². The van der Waals surface area contributed by atoms with Gasteiger partial charge >= 0.3 is 0 Å². The van der Waals surface area contributed by atoms with Gasteiger partial charge in [0.15, 0.2) is 12.6 Å². The molecule has 1 aliphatic rings. The van der Waals surface area contributed by atoms with E-state index in [2.05, 4.69) is 33.9 Å². The Bertz CT molecular complexity index is 901. The first-order chi connectivity index (χ1) is 15.5. The maximum Gasteiger partial charge on any atom is 0.258 e. The summed E-state index contributed by atoms with van der Waals surface area (Å²) in [4.78, 5) is 16.0. The number of hydrogen-bond acceptors (Lipinski definition) is 4. The van der Waals surface area contributed by atoms with E-state index in [4.69, 9.17) is 9.47 Å². The van der Waals surface area contributed by atoms with Crippen LogP contribution in [0.25, 0.3) is 0 Å². The number of nitrogens with one attached hydrogen (secondary N) is 3. The quantitative estimate of drug-likeness (QED) is 0.221. The van der Waals surface area contributed by atoms with Crippen molar-refractivity contribution in [2.24, 2.45) is 4.99 Å². The predicted molar refractivity (Wildman–Crippen MR) is 143 cm³/mol. The maximum atomic E-state index is 11.7. The van der Waals surface area contributed by atoms with Crippen LogP contribution in [0, 0.1) is 6.92 Å². The minimum Gasteiger partial charge on any atom is -0.489 e. The van der Waals surface area contributed by atoms with E-state index >= 15 is 0 Å². The van der Waals surface area contributed by atoms with Crippen molar-refractivity contribution in [3.8, 4) is 11.5 Å². The molecule has 180 valence electrons. The highest BCUT2D eigenvalue weighted by Gasteiger charge is 2.23. The number of ether oxygens (including phenoxy) is 2. The summed E-state index contributed by atoms with van der Waals surface area (Å²) in [5.74, 6) is 2.26. The number of aliphatic imine (C=N–C) groups is 1. The van der Waals surface area contributed by atoms with Gasteiger partial charge in [-0.05, 0) is 68.5 Å². The van der Waals surface area contributed by atoms with Gasteiger partial charge in [0.25, 0.3) is 5.91 Å². The zero-order valence-electron chi connectivity index (χ0n) is 19.6. The van der Waals surface area contributed by atoms with Crippen molar-refractivity contribution in [1.82, 2.24) is 16.0 Å². The van der Waals surface area contributed by atoms with E-state index in [1.165, 1.54) is 11.1 Å². The Morgan fingerprint density at radius 2 is 1.88 bits per heavy atom. The van der Waals surface area contributed by atoms with Gasteiger partial charge in [0.1, 0.15) is 17.6 Å². The fourth-order valence-electron chi connectivity index (χ4n) is 3.15. The Balaban J connectivity index is 0.00000385. The molecule has 8 heteroatoms. The molecule has 0 radical (unpaired) electrons. The summed E-state index contributed by atoms with van der Waals surface area (Å²) < 4.78 is 11.5. The lowest BCUT2D eigenvalue weighted by atomic mass is 10.1. The van der Waals surface area contributed by atoms with Crippen molar-refractivity contribution in [2.45, 2.75) is 45.3 Å². The number of aryl methyl sites for hydroxylation is 1. The molecule has 2 aromatic carbocycles. The molecular formula is C25H35IN4O3. The normalized spacial score (nSPS) is 14.0. The molecule has 3 N–H and O–H groups in total. The van der Waals surface area contributed by atoms with E-state index in [1.807, 2.05) is 49.4 Å².